The highest BCUT2D eigenvalue weighted by Crippen LogP contribution is 2.35. The molecule has 0 aliphatic carbocycles. The number of carboxylic acid groups (broad SMARTS) is 1. The lowest BCUT2D eigenvalue weighted by Gasteiger charge is -2.08. The van der Waals surface area contributed by atoms with Crippen LogP contribution in [0.3, 0.4) is 0 Å². The number of halogens is 2. The van der Waals surface area contributed by atoms with E-state index in [4.69, 9.17) is 21.4 Å². The number of nitrogens with zero attached hydrogens (tertiary/aromatic N) is 1. The lowest BCUT2D eigenvalue weighted by Crippen LogP contribution is -2.04. The van der Waals surface area contributed by atoms with Crippen LogP contribution in [-0.4, -0.2) is 16.0 Å². The zero-order valence-electron chi connectivity index (χ0n) is 10.2. The second-order valence-electron chi connectivity index (χ2n) is 3.89. The van der Waals surface area contributed by atoms with Crippen molar-refractivity contribution < 1.29 is 24.0 Å². The Morgan fingerprint density at radius 1 is 1.33 bits per heavy atom. The van der Waals surface area contributed by atoms with Crippen LogP contribution in [0.5, 0.6) is 11.5 Å². The minimum atomic E-state index is -1.45. The van der Waals surface area contributed by atoms with E-state index in [0.717, 1.165) is 18.2 Å². The van der Waals surface area contributed by atoms with Crippen LogP contribution in [0.15, 0.2) is 36.4 Å². The number of carboxylic acids is 1. The summed E-state index contributed by atoms with van der Waals surface area (Å²) in [6.07, 6.45) is 0. The van der Waals surface area contributed by atoms with Gasteiger partial charge in [-0.25, -0.2) is 9.18 Å². The third-order valence-electron chi connectivity index (χ3n) is 2.53. The van der Waals surface area contributed by atoms with Gasteiger partial charge in [0.2, 0.25) is 5.75 Å². The molecule has 21 heavy (non-hydrogen) atoms. The monoisotopic (exact) mass is 311 g/mol. The van der Waals surface area contributed by atoms with E-state index in [1.54, 1.807) is 0 Å². The molecule has 0 atom stereocenters. The fourth-order valence-corrected chi connectivity index (χ4v) is 1.80. The molecule has 2 aromatic carbocycles. The largest absolute Gasteiger partial charge is 0.477 e. The Hall–Kier alpha value is -2.67. The highest BCUT2D eigenvalue weighted by atomic mass is 35.5. The Labute approximate surface area is 122 Å². The summed E-state index contributed by atoms with van der Waals surface area (Å²) in [4.78, 5) is 21.2. The van der Waals surface area contributed by atoms with Gasteiger partial charge in [0.25, 0.3) is 0 Å². The van der Waals surface area contributed by atoms with Gasteiger partial charge in [-0.05, 0) is 24.3 Å². The molecule has 8 heteroatoms. The van der Waals surface area contributed by atoms with Crippen molar-refractivity contribution in [2.45, 2.75) is 0 Å². The van der Waals surface area contributed by atoms with E-state index in [9.17, 15) is 19.3 Å². The van der Waals surface area contributed by atoms with Crippen molar-refractivity contribution in [3.8, 4) is 11.5 Å². The molecule has 0 aliphatic heterocycles. The molecule has 0 aromatic heterocycles. The van der Waals surface area contributed by atoms with Gasteiger partial charge in [0.15, 0.2) is 0 Å². The van der Waals surface area contributed by atoms with Crippen LogP contribution in [0.25, 0.3) is 0 Å². The maximum atomic E-state index is 13.0. The number of rotatable bonds is 4. The summed E-state index contributed by atoms with van der Waals surface area (Å²) in [6, 6.07) is 7.01. The van der Waals surface area contributed by atoms with Crippen LogP contribution in [0.2, 0.25) is 5.02 Å². The maximum Gasteiger partial charge on any atom is 0.342 e. The van der Waals surface area contributed by atoms with Gasteiger partial charge in [-0.15, -0.1) is 0 Å². The van der Waals surface area contributed by atoms with Crippen molar-refractivity contribution in [1.82, 2.24) is 0 Å². The molecule has 108 valence electrons. The number of hydrogen-bond acceptors (Lipinski definition) is 4. The SMILES string of the molecule is O=C(O)c1cccc(Oc2ccc(F)c(Cl)c2)c1[N+](=O)[O-]. The molecule has 0 bridgehead atoms. The van der Waals surface area contributed by atoms with Crippen molar-refractivity contribution in [1.29, 1.82) is 0 Å². The summed E-state index contributed by atoms with van der Waals surface area (Å²) in [5.74, 6) is -2.35. The number of benzene rings is 2. The van der Waals surface area contributed by atoms with Crippen molar-refractivity contribution in [2.24, 2.45) is 0 Å². The van der Waals surface area contributed by atoms with Crippen LogP contribution in [-0.2, 0) is 0 Å². The normalized spacial score (nSPS) is 10.2. The molecule has 0 saturated heterocycles. The van der Waals surface area contributed by atoms with E-state index in [-0.39, 0.29) is 16.5 Å². The second-order valence-corrected chi connectivity index (χ2v) is 4.30. The van der Waals surface area contributed by atoms with Crippen molar-refractivity contribution >= 4 is 23.3 Å². The minimum absolute atomic E-state index is 0.0482. The van der Waals surface area contributed by atoms with Gasteiger partial charge < -0.3 is 9.84 Å². The zero-order valence-corrected chi connectivity index (χ0v) is 11.0. The third-order valence-corrected chi connectivity index (χ3v) is 2.82. The summed E-state index contributed by atoms with van der Waals surface area (Å²) in [5.41, 5.74) is -1.20. The van der Waals surface area contributed by atoms with Crippen LogP contribution in [0.4, 0.5) is 10.1 Å². The topological polar surface area (TPSA) is 89.7 Å². The Morgan fingerprint density at radius 3 is 2.62 bits per heavy atom. The molecule has 0 fully saturated rings. The Bertz CT molecular complexity index is 734. The fraction of sp³-hybridized carbons (Fsp3) is 0. The average molecular weight is 312 g/mol. The lowest BCUT2D eigenvalue weighted by atomic mass is 10.1. The summed E-state index contributed by atoms with van der Waals surface area (Å²) < 4.78 is 18.3. The van der Waals surface area contributed by atoms with Crippen molar-refractivity contribution in [2.75, 3.05) is 0 Å². The first-order chi connectivity index (χ1) is 9.90. The molecular formula is C13H7ClFNO5. The smallest absolute Gasteiger partial charge is 0.342 e. The van der Waals surface area contributed by atoms with E-state index in [0.29, 0.717) is 0 Å². The molecule has 0 saturated carbocycles. The van der Waals surface area contributed by atoms with Gasteiger partial charge >= 0.3 is 11.7 Å². The molecule has 0 amide bonds. The molecule has 0 spiro atoms. The molecule has 2 rings (SSSR count). The summed E-state index contributed by atoms with van der Waals surface area (Å²) >= 11 is 5.58. The molecule has 0 heterocycles. The molecule has 0 radical (unpaired) electrons. The van der Waals surface area contributed by atoms with E-state index in [1.165, 1.54) is 18.2 Å². The van der Waals surface area contributed by atoms with Gasteiger partial charge in [0.1, 0.15) is 17.1 Å². The summed E-state index contributed by atoms with van der Waals surface area (Å²) in [7, 11) is 0. The Balaban J connectivity index is 2.48. The Morgan fingerprint density at radius 2 is 2.05 bits per heavy atom. The predicted molar refractivity (Wildman–Crippen MR) is 71.5 cm³/mol. The molecule has 0 aliphatic rings. The van der Waals surface area contributed by atoms with Gasteiger partial charge in [0.05, 0.1) is 9.95 Å². The van der Waals surface area contributed by atoms with Crippen molar-refractivity contribution in [3.63, 3.8) is 0 Å². The number of carbonyl (C=O) groups is 1. The second kappa shape index (κ2) is 5.76. The summed E-state index contributed by atoms with van der Waals surface area (Å²) in [6.45, 7) is 0. The van der Waals surface area contributed by atoms with Crippen LogP contribution >= 0.6 is 11.6 Å². The van der Waals surface area contributed by atoms with Gasteiger partial charge in [-0.2, -0.15) is 0 Å². The van der Waals surface area contributed by atoms with Crippen LogP contribution in [0, 0.1) is 15.9 Å². The number of para-hydroxylation sites is 1. The number of hydrogen-bond donors (Lipinski definition) is 1. The quantitative estimate of drug-likeness (QED) is 0.683. The van der Waals surface area contributed by atoms with E-state index in [1.807, 2.05) is 0 Å². The van der Waals surface area contributed by atoms with Gasteiger partial charge in [0, 0.05) is 6.07 Å². The zero-order chi connectivity index (χ0) is 15.6. The first-order valence-electron chi connectivity index (χ1n) is 5.53. The standard InChI is InChI=1S/C13H7ClFNO5/c14-9-6-7(4-5-10(9)15)21-11-3-1-2-8(13(17)18)12(11)16(19)20/h1-6H,(H,17,18). The molecule has 1 N–H and O–H groups in total. The highest BCUT2D eigenvalue weighted by Gasteiger charge is 2.25. The number of aromatic carboxylic acids is 1. The van der Waals surface area contributed by atoms with Gasteiger partial charge in [-0.1, -0.05) is 17.7 Å². The first-order valence-corrected chi connectivity index (χ1v) is 5.91. The predicted octanol–water partition coefficient (Wildman–Crippen LogP) is 3.88. The third kappa shape index (κ3) is 3.09. The van der Waals surface area contributed by atoms with Gasteiger partial charge in [-0.3, -0.25) is 10.1 Å². The van der Waals surface area contributed by atoms with E-state index < -0.39 is 28.0 Å². The highest BCUT2D eigenvalue weighted by molar-refractivity contribution is 6.30. The molecule has 6 nitrogen and oxygen atoms in total. The molecule has 2 aromatic rings. The number of nitro benzene ring substituents is 1. The van der Waals surface area contributed by atoms with Crippen molar-refractivity contribution in [3.05, 3.63) is 62.9 Å². The fourth-order valence-electron chi connectivity index (χ4n) is 1.63. The Kier molecular flexibility index (Phi) is 4.04. The minimum Gasteiger partial charge on any atom is -0.477 e. The molecular weight excluding hydrogens is 305 g/mol. The maximum absolute atomic E-state index is 13.0. The lowest BCUT2D eigenvalue weighted by molar-refractivity contribution is -0.386. The van der Waals surface area contributed by atoms with E-state index in [2.05, 4.69) is 0 Å². The molecule has 0 unspecified atom stereocenters. The summed E-state index contributed by atoms with van der Waals surface area (Å²) in [5, 5.41) is 19.8. The average Bonchev–Trinajstić information content (AvgIpc) is 2.42. The number of nitro groups is 1. The number of ether oxygens (including phenoxy) is 1. The van der Waals surface area contributed by atoms with E-state index >= 15 is 0 Å². The van der Waals surface area contributed by atoms with Crippen LogP contribution < -0.4 is 4.74 Å². The first kappa shape index (κ1) is 14.7. The van der Waals surface area contributed by atoms with Crippen LogP contribution in [0.1, 0.15) is 10.4 Å².